The summed E-state index contributed by atoms with van der Waals surface area (Å²) < 4.78 is 0. The molecule has 0 aliphatic rings. The van der Waals surface area contributed by atoms with E-state index in [9.17, 15) is 5.11 Å². The molecule has 0 aliphatic heterocycles. The maximum Gasteiger partial charge on any atom is 0.0724 e. The molecule has 0 amide bonds. The highest BCUT2D eigenvalue weighted by Gasteiger charge is 2.06. The molecule has 1 atom stereocenters. The molecule has 0 saturated carbocycles. The number of aromatic nitrogens is 1. The molecule has 0 bridgehead atoms. The Morgan fingerprint density at radius 3 is 3.00 bits per heavy atom. The van der Waals surface area contributed by atoms with Crippen LogP contribution >= 0.6 is 0 Å². The second-order valence-electron chi connectivity index (χ2n) is 4.04. The summed E-state index contributed by atoms with van der Waals surface area (Å²) >= 11 is 0. The Bertz CT molecular complexity index is 513. The molecule has 1 aromatic heterocycles. The lowest BCUT2D eigenvalue weighted by Crippen LogP contribution is -2.18. The third-order valence-electron chi connectivity index (χ3n) is 2.83. The predicted octanol–water partition coefficient (Wildman–Crippen LogP) is 2.00. The van der Waals surface area contributed by atoms with Gasteiger partial charge in [0.1, 0.15) is 0 Å². The molecule has 0 radical (unpaired) electrons. The SMILES string of the molecule is CCC(O)CNc1ccc2ncccc2c1N. The molecule has 0 aliphatic carbocycles. The summed E-state index contributed by atoms with van der Waals surface area (Å²) in [5.74, 6) is 0. The number of nitrogens with two attached hydrogens (primary N) is 1. The first kappa shape index (κ1) is 11.7. The minimum Gasteiger partial charge on any atom is -0.397 e. The van der Waals surface area contributed by atoms with E-state index >= 15 is 0 Å². The number of pyridine rings is 1. The Morgan fingerprint density at radius 1 is 1.41 bits per heavy atom. The van der Waals surface area contributed by atoms with Gasteiger partial charge in [0.25, 0.3) is 0 Å². The van der Waals surface area contributed by atoms with E-state index in [-0.39, 0.29) is 6.10 Å². The molecular weight excluding hydrogens is 214 g/mol. The third-order valence-corrected chi connectivity index (χ3v) is 2.83. The number of benzene rings is 1. The lowest BCUT2D eigenvalue weighted by atomic mass is 10.1. The Labute approximate surface area is 100 Å². The maximum absolute atomic E-state index is 9.51. The van der Waals surface area contributed by atoms with E-state index in [1.54, 1.807) is 6.20 Å². The second-order valence-corrected chi connectivity index (χ2v) is 4.04. The van der Waals surface area contributed by atoms with Gasteiger partial charge in [-0.1, -0.05) is 6.92 Å². The Balaban J connectivity index is 2.26. The van der Waals surface area contributed by atoms with Crippen molar-refractivity contribution in [2.24, 2.45) is 0 Å². The number of anilines is 2. The number of hydrogen-bond acceptors (Lipinski definition) is 4. The zero-order valence-electron chi connectivity index (χ0n) is 9.85. The van der Waals surface area contributed by atoms with Crippen LogP contribution in [-0.2, 0) is 0 Å². The van der Waals surface area contributed by atoms with Gasteiger partial charge < -0.3 is 16.2 Å². The van der Waals surface area contributed by atoms with Crippen molar-refractivity contribution in [1.29, 1.82) is 0 Å². The van der Waals surface area contributed by atoms with E-state index in [0.717, 1.165) is 23.0 Å². The second kappa shape index (κ2) is 5.01. The number of nitrogens with one attached hydrogen (secondary N) is 1. The molecule has 2 aromatic rings. The quantitative estimate of drug-likeness (QED) is 0.704. The third kappa shape index (κ3) is 2.47. The van der Waals surface area contributed by atoms with Crippen molar-refractivity contribution < 1.29 is 5.11 Å². The summed E-state index contributed by atoms with van der Waals surface area (Å²) in [6, 6.07) is 7.63. The van der Waals surface area contributed by atoms with Crippen molar-refractivity contribution in [1.82, 2.24) is 4.98 Å². The first-order chi connectivity index (χ1) is 8.22. The van der Waals surface area contributed by atoms with Crippen LogP contribution in [0.4, 0.5) is 11.4 Å². The molecule has 0 spiro atoms. The molecule has 90 valence electrons. The fraction of sp³-hybridized carbons (Fsp3) is 0.308. The number of aliphatic hydroxyl groups is 1. The van der Waals surface area contributed by atoms with Crippen molar-refractivity contribution in [3.8, 4) is 0 Å². The largest absolute Gasteiger partial charge is 0.397 e. The molecule has 0 fully saturated rings. The van der Waals surface area contributed by atoms with E-state index in [1.165, 1.54) is 0 Å². The van der Waals surface area contributed by atoms with E-state index in [0.29, 0.717) is 12.2 Å². The Hall–Kier alpha value is -1.81. The summed E-state index contributed by atoms with van der Waals surface area (Å²) in [5.41, 5.74) is 8.47. The van der Waals surface area contributed by atoms with E-state index < -0.39 is 0 Å². The average molecular weight is 231 g/mol. The van der Waals surface area contributed by atoms with Crippen LogP contribution < -0.4 is 11.1 Å². The molecule has 1 aromatic carbocycles. The van der Waals surface area contributed by atoms with Crippen LogP contribution in [0.25, 0.3) is 10.9 Å². The minimum atomic E-state index is -0.348. The minimum absolute atomic E-state index is 0.348. The van der Waals surface area contributed by atoms with Gasteiger partial charge in [-0.25, -0.2) is 0 Å². The van der Waals surface area contributed by atoms with Crippen LogP contribution in [0.2, 0.25) is 0 Å². The molecular formula is C13H17N3O. The zero-order valence-corrected chi connectivity index (χ0v) is 9.85. The zero-order chi connectivity index (χ0) is 12.3. The van der Waals surface area contributed by atoms with Crippen molar-refractivity contribution in [3.63, 3.8) is 0 Å². The molecule has 4 nitrogen and oxygen atoms in total. The van der Waals surface area contributed by atoms with E-state index in [1.807, 2.05) is 31.2 Å². The maximum atomic E-state index is 9.51. The molecule has 17 heavy (non-hydrogen) atoms. The van der Waals surface area contributed by atoms with Gasteiger partial charge in [-0.05, 0) is 30.7 Å². The Morgan fingerprint density at radius 2 is 2.24 bits per heavy atom. The number of nitrogen functional groups attached to an aromatic ring is 1. The van der Waals surface area contributed by atoms with Crippen LogP contribution in [0.5, 0.6) is 0 Å². The van der Waals surface area contributed by atoms with Crippen LogP contribution in [0.15, 0.2) is 30.5 Å². The van der Waals surface area contributed by atoms with Crippen LogP contribution in [0.3, 0.4) is 0 Å². The molecule has 4 heteroatoms. The topological polar surface area (TPSA) is 71.2 Å². The van der Waals surface area contributed by atoms with Crippen molar-refractivity contribution in [2.45, 2.75) is 19.4 Å². The lowest BCUT2D eigenvalue weighted by Gasteiger charge is -2.13. The first-order valence-corrected chi connectivity index (χ1v) is 5.77. The summed E-state index contributed by atoms with van der Waals surface area (Å²) in [5, 5.41) is 13.6. The van der Waals surface area contributed by atoms with Crippen LogP contribution in [-0.4, -0.2) is 22.7 Å². The molecule has 1 unspecified atom stereocenters. The standard InChI is InChI=1S/C13H17N3O/c1-2-9(17)8-16-12-6-5-11-10(13(12)14)4-3-7-15-11/h3-7,9,16-17H,2,8,14H2,1H3. The number of nitrogens with zero attached hydrogens (tertiary/aromatic N) is 1. The normalized spacial score (nSPS) is 12.6. The van der Waals surface area contributed by atoms with Gasteiger partial charge in [-0.15, -0.1) is 0 Å². The summed E-state index contributed by atoms with van der Waals surface area (Å²) in [4.78, 5) is 4.24. The van der Waals surface area contributed by atoms with E-state index in [2.05, 4.69) is 10.3 Å². The van der Waals surface area contributed by atoms with Crippen LogP contribution in [0, 0.1) is 0 Å². The number of rotatable bonds is 4. The van der Waals surface area contributed by atoms with Crippen molar-refractivity contribution >= 4 is 22.3 Å². The van der Waals surface area contributed by atoms with Gasteiger partial charge in [0, 0.05) is 18.1 Å². The van der Waals surface area contributed by atoms with Gasteiger partial charge in [0.2, 0.25) is 0 Å². The fourth-order valence-corrected chi connectivity index (χ4v) is 1.70. The average Bonchev–Trinajstić information content (AvgIpc) is 2.38. The molecule has 0 saturated heterocycles. The summed E-state index contributed by atoms with van der Waals surface area (Å²) in [7, 11) is 0. The van der Waals surface area contributed by atoms with Crippen molar-refractivity contribution in [3.05, 3.63) is 30.5 Å². The van der Waals surface area contributed by atoms with Gasteiger partial charge in [-0.3, -0.25) is 4.98 Å². The molecule has 2 rings (SSSR count). The van der Waals surface area contributed by atoms with Gasteiger partial charge in [0.15, 0.2) is 0 Å². The first-order valence-electron chi connectivity index (χ1n) is 5.77. The summed E-state index contributed by atoms with van der Waals surface area (Å²) in [6.45, 7) is 2.45. The number of fused-ring (bicyclic) bond motifs is 1. The lowest BCUT2D eigenvalue weighted by molar-refractivity contribution is 0.183. The summed E-state index contributed by atoms with van der Waals surface area (Å²) in [6.07, 6.45) is 2.12. The highest BCUT2D eigenvalue weighted by Crippen LogP contribution is 2.27. The van der Waals surface area contributed by atoms with Gasteiger partial charge in [-0.2, -0.15) is 0 Å². The highest BCUT2D eigenvalue weighted by molar-refractivity contribution is 5.96. The van der Waals surface area contributed by atoms with Gasteiger partial charge >= 0.3 is 0 Å². The Kier molecular flexibility index (Phi) is 3.44. The van der Waals surface area contributed by atoms with Crippen LogP contribution in [0.1, 0.15) is 13.3 Å². The smallest absolute Gasteiger partial charge is 0.0724 e. The number of hydrogen-bond donors (Lipinski definition) is 3. The predicted molar refractivity (Wildman–Crippen MR) is 70.9 cm³/mol. The fourth-order valence-electron chi connectivity index (χ4n) is 1.70. The number of aliphatic hydroxyl groups excluding tert-OH is 1. The van der Waals surface area contributed by atoms with Crippen molar-refractivity contribution in [2.75, 3.05) is 17.6 Å². The van der Waals surface area contributed by atoms with E-state index in [4.69, 9.17) is 5.73 Å². The molecule has 1 heterocycles. The highest BCUT2D eigenvalue weighted by atomic mass is 16.3. The monoisotopic (exact) mass is 231 g/mol. The van der Waals surface area contributed by atoms with Gasteiger partial charge in [0.05, 0.1) is 23.0 Å². The molecule has 4 N–H and O–H groups in total.